The molecule has 0 saturated carbocycles. The van der Waals surface area contributed by atoms with Crippen LogP contribution in [0.1, 0.15) is 28.8 Å². The van der Waals surface area contributed by atoms with Gasteiger partial charge in [0.1, 0.15) is 6.54 Å². The molecule has 26 heavy (non-hydrogen) atoms. The standard InChI is InChI=1S/C16H18F3N3O4/c1-10-2-3-12(8-13(10)22(25)26)15(24)21-6-4-11(5-7-21)14(23)20-9-16(17,18)19/h2-3,8,11H,4-7,9H2,1H3,(H,20,23). The first-order chi connectivity index (χ1) is 12.1. The molecule has 0 aromatic heterocycles. The monoisotopic (exact) mass is 373 g/mol. The van der Waals surface area contributed by atoms with Crippen molar-refractivity contribution >= 4 is 17.5 Å². The van der Waals surface area contributed by atoms with E-state index in [0.717, 1.165) is 0 Å². The first kappa shape index (κ1) is 19.7. The Kier molecular flexibility index (Phi) is 5.83. The molecule has 142 valence electrons. The van der Waals surface area contributed by atoms with Gasteiger partial charge < -0.3 is 10.2 Å². The minimum Gasteiger partial charge on any atom is -0.347 e. The molecule has 0 bridgehead atoms. The third kappa shape index (κ3) is 4.93. The van der Waals surface area contributed by atoms with Gasteiger partial charge in [0, 0.05) is 36.2 Å². The fraction of sp³-hybridized carbons (Fsp3) is 0.500. The smallest absolute Gasteiger partial charge is 0.347 e. The van der Waals surface area contributed by atoms with E-state index in [2.05, 4.69) is 0 Å². The van der Waals surface area contributed by atoms with Gasteiger partial charge in [-0.25, -0.2) is 0 Å². The van der Waals surface area contributed by atoms with Crippen LogP contribution in [0.2, 0.25) is 0 Å². The van der Waals surface area contributed by atoms with Gasteiger partial charge in [-0.15, -0.1) is 0 Å². The second kappa shape index (κ2) is 7.71. The fourth-order valence-electron chi connectivity index (χ4n) is 2.80. The quantitative estimate of drug-likeness (QED) is 0.648. The number of nitro groups is 1. The molecule has 1 heterocycles. The average molecular weight is 373 g/mol. The minimum absolute atomic E-state index is 0.155. The highest BCUT2D eigenvalue weighted by Gasteiger charge is 2.32. The molecule has 0 spiro atoms. The molecule has 1 fully saturated rings. The number of likely N-dealkylation sites (tertiary alicyclic amines) is 1. The Balaban J connectivity index is 1.95. The number of amides is 2. The number of piperidine rings is 1. The van der Waals surface area contributed by atoms with Crippen LogP contribution in [-0.2, 0) is 4.79 Å². The summed E-state index contributed by atoms with van der Waals surface area (Å²) >= 11 is 0. The Morgan fingerprint density at radius 3 is 2.46 bits per heavy atom. The van der Waals surface area contributed by atoms with Gasteiger partial charge in [0.15, 0.2) is 0 Å². The second-order valence-corrected chi connectivity index (χ2v) is 6.16. The van der Waals surface area contributed by atoms with Gasteiger partial charge in [0.25, 0.3) is 11.6 Å². The maximum atomic E-state index is 12.5. The summed E-state index contributed by atoms with van der Waals surface area (Å²) in [7, 11) is 0. The lowest BCUT2D eigenvalue weighted by atomic mass is 9.95. The van der Waals surface area contributed by atoms with Gasteiger partial charge >= 0.3 is 6.18 Å². The molecule has 0 unspecified atom stereocenters. The molecule has 0 aliphatic carbocycles. The molecule has 1 aliphatic rings. The summed E-state index contributed by atoms with van der Waals surface area (Å²) in [6, 6.07) is 4.19. The number of hydrogen-bond donors (Lipinski definition) is 1. The van der Waals surface area contributed by atoms with Gasteiger partial charge in [-0.3, -0.25) is 19.7 Å². The van der Waals surface area contributed by atoms with Crippen molar-refractivity contribution < 1.29 is 27.7 Å². The molecule has 10 heteroatoms. The Morgan fingerprint density at radius 2 is 1.92 bits per heavy atom. The molecular formula is C16H18F3N3O4. The number of nitrogens with zero attached hydrogens (tertiary/aromatic N) is 2. The lowest BCUT2D eigenvalue weighted by Crippen LogP contribution is -2.44. The predicted molar refractivity (Wildman–Crippen MR) is 85.5 cm³/mol. The molecule has 1 aliphatic heterocycles. The zero-order chi connectivity index (χ0) is 19.5. The third-order valence-electron chi connectivity index (χ3n) is 4.27. The van der Waals surface area contributed by atoms with Gasteiger partial charge in [0.05, 0.1) is 4.92 Å². The normalized spacial score (nSPS) is 15.6. The van der Waals surface area contributed by atoms with Crippen molar-refractivity contribution in [3.05, 3.63) is 39.4 Å². The topological polar surface area (TPSA) is 92.6 Å². The third-order valence-corrected chi connectivity index (χ3v) is 4.27. The van der Waals surface area contributed by atoms with E-state index in [1.165, 1.54) is 23.1 Å². The second-order valence-electron chi connectivity index (χ2n) is 6.16. The van der Waals surface area contributed by atoms with Crippen molar-refractivity contribution in [2.45, 2.75) is 25.9 Å². The highest BCUT2D eigenvalue weighted by molar-refractivity contribution is 5.95. The van der Waals surface area contributed by atoms with Gasteiger partial charge in [-0.2, -0.15) is 13.2 Å². The van der Waals surface area contributed by atoms with E-state index in [9.17, 15) is 32.9 Å². The lowest BCUT2D eigenvalue weighted by Gasteiger charge is -2.31. The summed E-state index contributed by atoms with van der Waals surface area (Å²) in [6.45, 7) is 0.588. The highest BCUT2D eigenvalue weighted by atomic mass is 19.4. The van der Waals surface area contributed by atoms with Gasteiger partial charge in [-0.05, 0) is 25.8 Å². The predicted octanol–water partition coefficient (Wildman–Crippen LogP) is 2.43. The largest absolute Gasteiger partial charge is 0.405 e. The first-order valence-electron chi connectivity index (χ1n) is 7.97. The maximum Gasteiger partial charge on any atom is 0.405 e. The van der Waals surface area contributed by atoms with Crippen LogP contribution < -0.4 is 5.32 Å². The number of nitrogens with one attached hydrogen (secondary N) is 1. The number of carbonyl (C=O) groups is 2. The molecule has 0 atom stereocenters. The summed E-state index contributed by atoms with van der Waals surface area (Å²) in [6.07, 6.45) is -3.99. The van der Waals surface area contributed by atoms with E-state index in [0.29, 0.717) is 5.56 Å². The van der Waals surface area contributed by atoms with Crippen molar-refractivity contribution in [3.8, 4) is 0 Å². The Bertz CT molecular complexity index is 713. The number of halogens is 3. The zero-order valence-electron chi connectivity index (χ0n) is 14.0. The Morgan fingerprint density at radius 1 is 1.31 bits per heavy atom. The van der Waals surface area contributed by atoms with Crippen molar-refractivity contribution in [2.75, 3.05) is 19.6 Å². The van der Waals surface area contributed by atoms with Crippen LogP contribution in [0.4, 0.5) is 18.9 Å². The summed E-state index contributed by atoms with van der Waals surface area (Å²) in [5, 5.41) is 12.8. The number of nitro benzene ring substituents is 1. The lowest BCUT2D eigenvalue weighted by molar-refractivity contribution is -0.385. The van der Waals surface area contributed by atoms with Crippen LogP contribution in [0.15, 0.2) is 18.2 Å². The van der Waals surface area contributed by atoms with Crippen LogP contribution in [-0.4, -0.2) is 47.4 Å². The van der Waals surface area contributed by atoms with Crippen molar-refractivity contribution in [2.24, 2.45) is 5.92 Å². The van der Waals surface area contributed by atoms with E-state index in [1.54, 1.807) is 6.92 Å². The summed E-state index contributed by atoms with van der Waals surface area (Å²) in [4.78, 5) is 36.1. The minimum atomic E-state index is -4.47. The number of rotatable bonds is 4. The zero-order valence-corrected chi connectivity index (χ0v) is 14.0. The maximum absolute atomic E-state index is 12.5. The number of benzene rings is 1. The average Bonchev–Trinajstić information content (AvgIpc) is 2.58. The molecule has 1 saturated heterocycles. The van der Waals surface area contributed by atoms with E-state index in [1.807, 2.05) is 5.32 Å². The van der Waals surface area contributed by atoms with Crippen LogP contribution in [0.5, 0.6) is 0 Å². The van der Waals surface area contributed by atoms with E-state index in [4.69, 9.17) is 0 Å². The van der Waals surface area contributed by atoms with Crippen molar-refractivity contribution in [1.82, 2.24) is 10.2 Å². The molecule has 2 amide bonds. The summed E-state index contributed by atoms with van der Waals surface area (Å²) in [5.41, 5.74) is 0.450. The van der Waals surface area contributed by atoms with E-state index >= 15 is 0 Å². The molecule has 1 N–H and O–H groups in total. The van der Waals surface area contributed by atoms with Crippen LogP contribution in [0, 0.1) is 23.0 Å². The van der Waals surface area contributed by atoms with Gasteiger partial charge in [-0.1, -0.05) is 6.07 Å². The molecule has 7 nitrogen and oxygen atoms in total. The summed E-state index contributed by atoms with van der Waals surface area (Å²) in [5.74, 6) is -1.67. The Hall–Kier alpha value is -2.65. The molecule has 1 aromatic rings. The highest BCUT2D eigenvalue weighted by Crippen LogP contribution is 2.23. The SMILES string of the molecule is Cc1ccc(C(=O)N2CCC(C(=O)NCC(F)(F)F)CC2)cc1[N+](=O)[O-]. The number of carbonyl (C=O) groups excluding carboxylic acids is 2. The van der Waals surface area contributed by atoms with E-state index in [-0.39, 0.29) is 37.2 Å². The number of alkyl halides is 3. The number of aryl methyl sites for hydroxylation is 1. The van der Waals surface area contributed by atoms with Crippen molar-refractivity contribution in [1.29, 1.82) is 0 Å². The van der Waals surface area contributed by atoms with Gasteiger partial charge in [0.2, 0.25) is 5.91 Å². The Labute approximate surface area is 147 Å². The molecular weight excluding hydrogens is 355 g/mol. The van der Waals surface area contributed by atoms with Crippen LogP contribution >= 0.6 is 0 Å². The fourth-order valence-corrected chi connectivity index (χ4v) is 2.80. The molecule has 2 rings (SSSR count). The molecule has 1 aromatic carbocycles. The number of hydrogen-bond acceptors (Lipinski definition) is 4. The van der Waals surface area contributed by atoms with Crippen molar-refractivity contribution in [3.63, 3.8) is 0 Å². The molecule has 0 radical (unpaired) electrons. The van der Waals surface area contributed by atoms with Crippen LogP contribution in [0.3, 0.4) is 0 Å². The van der Waals surface area contributed by atoms with E-state index < -0.39 is 35.4 Å². The van der Waals surface area contributed by atoms with Crippen LogP contribution in [0.25, 0.3) is 0 Å². The summed E-state index contributed by atoms with van der Waals surface area (Å²) < 4.78 is 36.4. The first-order valence-corrected chi connectivity index (χ1v) is 7.97.